The van der Waals surface area contributed by atoms with E-state index in [2.05, 4.69) is 10.0 Å². The Kier molecular flexibility index (Phi) is 6.37. The van der Waals surface area contributed by atoms with E-state index in [4.69, 9.17) is 9.84 Å². The number of hydrogen-bond acceptors (Lipinski definition) is 5. The molecule has 122 valence electrons. The second-order valence-corrected chi connectivity index (χ2v) is 6.64. The van der Waals surface area contributed by atoms with Crippen molar-refractivity contribution in [3.8, 4) is 0 Å². The number of ether oxygens (including phenoxy) is 1. The lowest BCUT2D eigenvalue weighted by Crippen LogP contribution is -2.49. The van der Waals surface area contributed by atoms with Crippen LogP contribution in [0.1, 0.15) is 6.92 Å². The molecular formula is C11H21N3O6S. The first kappa shape index (κ1) is 17.7. The number of likely N-dealkylation sites (N-methyl/N-ethyl adjacent to an activating group) is 1. The van der Waals surface area contributed by atoms with Crippen LogP contribution in [-0.4, -0.2) is 75.6 Å². The molecule has 1 fully saturated rings. The molecule has 0 aromatic rings. The average molecular weight is 323 g/mol. The van der Waals surface area contributed by atoms with Crippen LogP contribution < -0.4 is 10.0 Å². The van der Waals surface area contributed by atoms with Gasteiger partial charge in [0.1, 0.15) is 5.92 Å². The number of carbonyl (C=O) groups excluding carboxylic acids is 1. The minimum Gasteiger partial charge on any atom is -0.481 e. The monoisotopic (exact) mass is 323 g/mol. The number of aliphatic carboxylic acids is 1. The van der Waals surface area contributed by atoms with Crippen LogP contribution in [0.4, 0.5) is 4.79 Å². The molecule has 10 heteroatoms. The van der Waals surface area contributed by atoms with Gasteiger partial charge in [0.2, 0.25) is 10.0 Å². The molecule has 1 saturated heterocycles. The second kappa shape index (κ2) is 7.57. The highest BCUT2D eigenvalue weighted by atomic mass is 32.2. The van der Waals surface area contributed by atoms with Crippen molar-refractivity contribution in [3.63, 3.8) is 0 Å². The van der Waals surface area contributed by atoms with E-state index in [1.165, 1.54) is 11.9 Å². The number of nitrogens with zero attached hydrogens (tertiary/aromatic N) is 1. The van der Waals surface area contributed by atoms with Gasteiger partial charge in [-0.25, -0.2) is 17.9 Å². The fourth-order valence-electron chi connectivity index (χ4n) is 2.02. The van der Waals surface area contributed by atoms with Crippen molar-refractivity contribution in [2.45, 2.75) is 13.0 Å². The van der Waals surface area contributed by atoms with Crippen LogP contribution in [0.15, 0.2) is 0 Å². The smallest absolute Gasteiger partial charge is 0.317 e. The molecule has 9 nitrogen and oxygen atoms in total. The Hall–Kier alpha value is -1.39. The molecule has 0 saturated carbocycles. The van der Waals surface area contributed by atoms with Gasteiger partial charge in [0, 0.05) is 20.1 Å². The predicted molar refractivity (Wildman–Crippen MR) is 74.4 cm³/mol. The number of carboxylic acid groups (broad SMARTS) is 1. The van der Waals surface area contributed by atoms with E-state index in [1.54, 1.807) is 6.92 Å². The van der Waals surface area contributed by atoms with Crippen LogP contribution in [0.5, 0.6) is 0 Å². The Morgan fingerprint density at radius 1 is 1.38 bits per heavy atom. The number of carboxylic acids is 1. The highest BCUT2D eigenvalue weighted by Crippen LogP contribution is 2.18. The van der Waals surface area contributed by atoms with Crippen molar-refractivity contribution in [1.29, 1.82) is 0 Å². The third kappa shape index (κ3) is 5.14. The summed E-state index contributed by atoms with van der Waals surface area (Å²) in [6, 6.07) is -1.09. The van der Waals surface area contributed by atoms with Gasteiger partial charge in [0.25, 0.3) is 0 Å². The fraction of sp³-hybridized carbons (Fsp3) is 0.818. The topological polar surface area (TPSA) is 125 Å². The first-order chi connectivity index (χ1) is 9.78. The first-order valence-electron chi connectivity index (χ1n) is 6.57. The predicted octanol–water partition coefficient (Wildman–Crippen LogP) is -1.33. The van der Waals surface area contributed by atoms with Crippen molar-refractivity contribution in [2.75, 3.05) is 39.1 Å². The molecule has 2 amide bonds. The van der Waals surface area contributed by atoms with Crippen molar-refractivity contribution in [3.05, 3.63) is 0 Å². The maximum absolute atomic E-state index is 11.9. The molecule has 3 N–H and O–H groups in total. The third-order valence-electron chi connectivity index (χ3n) is 3.20. The van der Waals surface area contributed by atoms with Crippen LogP contribution in [0, 0.1) is 5.92 Å². The van der Waals surface area contributed by atoms with Crippen LogP contribution in [0.3, 0.4) is 0 Å². The van der Waals surface area contributed by atoms with E-state index >= 15 is 0 Å². The molecule has 21 heavy (non-hydrogen) atoms. The van der Waals surface area contributed by atoms with E-state index in [9.17, 15) is 18.0 Å². The zero-order chi connectivity index (χ0) is 16.0. The molecule has 0 bridgehead atoms. The SMILES string of the molecule is CCNS(=O)(=O)CCNC(=O)N(C)C1COCC1C(=O)O. The van der Waals surface area contributed by atoms with E-state index < -0.39 is 34.0 Å². The lowest BCUT2D eigenvalue weighted by atomic mass is 10.0. The van der Waals surface area contributed by atoms with Gasteiger partial charge in [-0.1, -0.05) is 6.92 Å². The molecule has 0 spiro atoms. The average Bonchev–Trinajstić information content (AvgIpc) is 2.86. The van der Waals surface area contributed by atoms with Crippen molar-refractivity contribution >= 4 is 22.0 Å². The first-order valence-corrected chi connectivity index (χ1v) is 8.22. The molecule has 1 aliphatic rings. The fourth-order valence-corrected chi connectivity index (χ4v) is 2.98. The summed E-state index contributed by atoms with van der Waals surface area (Å²) >= 11 is 0. The number of hydrogen-bond donors (Lipinski definition) is 3. The van der Waals surface area contributed by atoms with Crippen LogP contribution in [0.2, 0.25) is 0 Å². The van der Waals surface area contributed by atoms with E-state index in [-0.39, 0.29) is 32.1 Å². The Bertz CT molecular complexity index is 480. The summed E-state index contributed by atoms with van der Waals surface area (Å²) in [4.78, 5) is 24.2. The third-order valence-corrected chi connectivity index (χ3v) is 4.67. The summed E-state index contributed by atoms with van der Waals surface area (Å²) in [5.74, 6) is -2.03. The quantitative estimate of drug-likeness (QED) is 0.533. The van der Waals surface area contributed by atoms with E-state index in [1.807, 2.05) is 0 Å². The van der Waals surface area contributed by atoms with Gasteiger partial charge in [-0.3, -0.25) is 4.79 Å². The Morgan fingerprint density at radius 3 is 2.62 bits per heavy atom. The van der Waals surface area contributed by atoms with E-state index in [0.717, 1.165) is 0 Å². The van der Waals surface area contributed by atoms with Crippen LogP contribution >= 0.6 is 0 Å². The highest BCUT2D eigenvalue weighted by Gasteiger charge is 2.38. The number of urea groups is 1. The van der Waals surface area contributed by atoms with Gasteiger partial charge < -0.3 is 20.1 Å². The molecule has 2 unspecified atom stereocenters. The lowest BCUT2D eigenvalue weighted by molar-refractivity contribution is -0.142. The molecule has 1 heterocycles. The second-order valence-electron chi connectivity index (χ2n) is 4.71. The summed E-state index contributed by atoms with van der Waals surface area (Å²) in [6.45, 7) is 2.11. The van der Waals surface area contributed by atoms with Gasteiger partial charge in [0.05, 0.1) is 25.0 Å². The number of rotatable bonds is 7. The molecule has 0 aromatic carbocycles. The summed E-state index contributed by atoms with van der Waals surface area (Å²) in [5.41, 5.74) is 0. The Labute approximate surface area is 123 Å². The summed E-state index contributed by atoms with van der Waals surface area (Å²) in [7, 11) is -1.94. The molecule has 0 aromatic heterocycles. The largest absolute Gasteiger partial charge is 0.481 e. The number of sulfonamides is 1. The Morgan fingerprint density at radius 2 is 2.05 bits per heavy atom. The van der Waals surface area contributed by atoms with E-state index in [0.29, 0.717) is 0 Å². The van der Waals surface area contributed by atoms with Gasteiger partial charge in [-0.05, 0) is 0 Å². The Balaban J connectivity index is 2.46. The van der Waals surface area contributed by atoms with Crippen molar-refractivity contribution < 1.29 is 27.9 Å². The normalized spacial score (nSPS) is 22.0. The van der Waals surface area contributed by atoms with Crippen molar-refractivity contribution in [2.24, 2.45) is 5.92 Å². The van der Waals surface area contributed by atoms with Gasteiger partial charge in [-0.15, -0.1) is 0 Å². The molecule has 1 aliphatic heterocycles. The summed E-state index contributed by atoms with van der Waals surface area (Å²) in [6.07, 6.45) is 0. The van der Waals surface area contributed by atoms with Crippen molar-refractivity contribution in [1.82, 2.24) is 14.9 Å². The van der Waals surface area contributed by atoms with Gasteiger partial charge >= 0.3 is 12.0 Å². The minimum absolute atomic E-state index is 0.0518. The molecule has 2 atom stereocenters. The van der Waals surface area contributed by atoms with Gasteiger partial charge in [0.15, 0.2) is 0 Å². The minimum atomic E-state index is -3.40. The molecule has 0 aliphatic carbocycles. The van der Waals surface area contributed by atoms with Gasteiger partial charge in [-0.2, -0.15) is 0 Å². The highest BCUT2D eigenvalue weighted by molar-refractivity contribution is 7.89. The number of nitrogens with one attached hydrogen (secondary N) is 2. The summed E-state index contributed by atoms with van der Waals surface area (Å²) in [5, 5.41) is 11.5. The molecular weight excluding hydrogens is 302 g/mol. The maximum atomic E-state index is 11.9. The zero-order valence-electron chi connectivity index (χ0n) is 12.0. The molecule has 0 radical (unpaired) electrons. The standard InChI is InChI=1S/C11H21N3O6S/c1-3-13-21(18,19)5-4-12-11(17)14(2)9-7-20-6-8(9)10(15)16/h8-9,13H,3-7H2,1-2H3,(H,12,17)(H,15,16). The summed E-state index contributed by atoms with van der Waals surface area (Å²) < 4.78 is 30.2. The lowest BCUT2D eigenvalue weighted by Gasteiger charge is -2.26. The molecule has 1 rings (SSSR count). The van der Waals surface area contributed by atoms with Crippen LogP contribution in [-0.2, 0) is 19.6 Å². The number of carbonyl (C=O) groups is 2. The zero-order valence-corrected chi connectivity index (χ0v) is 12.9. The maximum Gasteiger partial charge on any atom is 0.317 e. The number of amides is 2. The van der Waals surface area contributed by atoms with Crippen LogP contribution in [0.25, 0.3) is 0 Å².